The predicted molar refractivity (Wildman–Crippen MR) is 112 cm³/mol. The highest BCUT2D eigenvalue weighted by atomic mass is 35.5. The molecule has 0 N–H and O–H groups in total. The number of nitro benzene ring substituents is 1. The zero-order valence-corrected chi connectivity index (χ0v) is 16.0. The van der Waals surface area contributed by atoms with Crippen LogP contribution >= 0.6 is 11.6 Å². The van der Waals surface area contributed by atoms with Crippen molar-refractivity contribution in [1.82, 2.24) is 4.90 Å². The first kappa shape index (κ1) is 19.6. The summed E-state index contributed by atoms with van der Waals surface area (Å²) in [5.41, 5.74) is 1.60. The van der Waals surface area contributed by atoms with Crippen LogP contribution in [-0.2, 0) is 4.79 Å². The number of nitrogens with zero attached hydrogens (tertiary/aromatic N) is 3. The lowest BCUT2D eigenvalue weighted by Gasteiger charge is -2.35. The predicted octanol–water partition coefficient (Wildman–Crippen LogP) is 4.17. The molecule has 1 fully saturated rings. The molecule has 0 saturated carbocycles. The van der Waals surface area contributed by atoms with Crippen LogP contribution < -0.4 is 4.90 Å². The normalized spacial score (nSPS) is 14.8. The Kier molecular flexibility index (Phi) is 6.45. The summed E-state index contributed by atoms with van der Waals surface area (Å²) in [7, 11) is 0. The average molecular weight is 398 g/mol. The zero-order chi connectivity index (χ0) is 19.9. The van der Waals surface area contributed by atoms with E-state index in [0.717, 1.165) is 18.8 Å². The lowest BCUT2D eigenvalue weighted by atomic mass is 10.1. The van der Waals surface area contributed by atoms with Gasteiger partial charge in [-0.05, 0) is 30.3 Å². The van der Waals surface area contributed by atoms with Crippen molar-refractivity contribution in [2.45, 2.75) is 0 Å². The number of benzene rings is 2. The fourth-order valence-corrected chi connectivity index (χ4v) is 3.24. The number of allylic oxidation sites excluding steroid dienone is 2. The third-order valence-electron chi connectivity index (χ3n) is 4.52. The maximum atomic E-state index is 12.3. The molecule has 3 rings (SSSR count). The topological polar surface area (TPSA) is 66.7 Å². The van der Waals surface area contributed by atoms with Crippen LogP contribution in [0.1, 0.15) is 5.56 Å². The number of amides is 1. The Morgan fingerprint density at radius 2 is 1.79 bits per heavy atom. The summed E-state index contributed by atoms with van der Waals surface area (Å²) >= 11 is 6.04. The highest BCUT2D eigenvalue weighted by molar-refractivity contribution is 6.30. The molecule has 1 aliphatic rings. The monoisotopic (exact) mass is 397 g/mol. The maximum Gasteiger partial charge on any atom is 0.276 e. The highest BCUT2D eigenvalue weighted by Crippen LogP contribution is 2.21. The van der Waals surface area contributed by atoms with Gasteiger partial charge in [0.15, 0.2) is 0 Å². The molecule has 1 saturated heterocycles. The summed E-state index contributed by atoms with van der Waals surface area (Å²) < 4.78 is 0. The molecule has 2 aromatic rings. The van der Waals surface area contributed by atoms with Gasteiger partial charge in [-0.25, -0.2) is 0 Å². The Balaban J connectivity index is 1.54. The van der Waals surface area contributed by atoms with Crippen molar-refractivity contribution in [3.63, 3.8) is 0 Å². The Bertz CT molecular complexity index is 919. The van der Waals surface area contributed by atoms with E-state index in [-0.39, 0.29) is 11.6 Å². The van der Waals surface area contributed by atoms with Crippen LogP contribution in [0.5, 0.6) is 0 Å². The number of halogens is 1. The van der Waals surface area contributed by atoms with Gasteiger partial charge in [-0.15, -0.1) is 0 Å². The van der Waals surface area contributed by atoms with Crippen molar-refractivity contribution >= 4 is 35.0 Å². The van der Waals surface area contributed by atoms with E-state index in [1.165, 1.54) is 12.1 Å². The van der Waals surface area contributed by atoms with E-state index in [1.807, 2.05) is 24.3 Å². The third kappa shape index (κ3) is 4.98. The molecule has 144 valence electrons. The average Bonchev–Trinajstić information content (AvgIpc) is 2.71. The molecule has 0 unspecified atom stereocenters. The molecule has 1 heterocycles. The van der Waals surface area contributed by atoms with E-state index in [1.54, 1.807) is 41.3 Å². The molecule has 0 aromatic heterocycles. The second-order valence-corrected chi connectivity index (χ2v) is 6.76. The fourth-order valence-electron chi connectivity index (χ4n) is 3.06. The molecule has 0 atom stereocenters. The number of anilines is 1. The summed E-state index contributed by atoms with van der Waals surface area (Å²) in [6, 6.07) is 14.2. The Hall–Kier alpha value is -3.12. The van der Waals surface area contributed by atoms with Crippen molar-refractivity contribution in [2.24, 2.45) is 0 Å². The highest BCUT2D eigenvalue weighted by Gasteiger charge is 2.19. The van der Waals surface area contributed by atoms with Crippen molar-refractivity contribution < 1.29 is 9.72 Å². The second-order valence-electron chi connectivity index (χ2n) is 6.33. The zero-order valence-electron chi connectivity index (χ0n) is 15.2. The van der Waals surface area contributed by atoms with Gasteiger partial charge < -0.3 is 9.80 Å². The van der Waals surface area contributed by atoms with Gasteiger partial charge in [0.25, 0.3) is 5.69 Å². The summed E-state index contributed by atoms with van der Waals surface area (Å²) in [6.45, 7) is 2.74. The van der Waals surface area contributed by atoms with Gasteiger partial charge in [0.1, 0.15) is 0 Å². The summed E-state index contributed by atoms with van der Waals surface area (Å²) in [4.78, 5) is 26.9. The number of carbonyl (C=O) groups is 1. The Morgan fingerprint density at radius 1 is 1.04 bits per heavy atom. The molecule has 1 amide bonds. The van der Waals surface area contributed by atoms with E-state index < -0.39 is 4.92 Å². The molecule has 1 aliphatic heterocycles. The van der Waals surface area contributed by atoms with Gasteiger partial charge in [0.2, 0.25) is 5.91 Å². The smallest absolute Gasteiger partial charge is 0.276 e. The summed E-state index contributed by atoms with van der Waals surface area (Å²) in [5, 5.41) is 11.7. The molecule has 28 heavy (non-hydrogen) atoms. The van der Waals surface area contributed by atoms with Gasteiger partial charge in [0.05, 0.1) is 10.5 Å². The number of rotatable bonds is 5. The first-order valence-corrected chi connectivity index (χ1v) is 9.30. The van der Waals surface area contributed by atoms with E-state index in [0.29, 0.717) is 23.7 Å². The van der Waals surface area contributed by atoms with Gasteiger partial charge in [-0.3, -0.25) is 14.9 Å². The molecule has 0 aliphatic carbocycles. The quantitative estimate of drug-likeness (QED) is 0.329. The van der Waals surface area contributed by atoms with Crippen molar-refractivity contribution in [3.8, 4) is 0 Å². The first-order valence-electron chi connectivity index (χ1n) is 8.92. The van der Waals surface area contributed by atoms with Crippen LogP contribution in [0, 0.1) is 10.1 Å². The molecule has 2 aromatic carbocycles. The molecular formula is C21H20ClN3O3. The maximum absolute atomic E-state index is 12.3. The van der Waals surface area contributed by atoms with Crippen LogP contribution in [0.25, 0.3) is 6.08 Å². The Morgan fingerprint density at radius 3 is 2.50 bits per heavy atom. The van der Waals surface area contributed by atoms with E-state index in [4.69, 9.17) is 11.6 Å². The minimum Gasteiger partial charge on any atom is -0.368 e. The van der Waals surface area contributed by atoms with Crippen LogP contribution in [0.2, 0.25) is 5.02 Å². The minimum absolute atomic E-state index is 0.0376. The van der Waals surface area contributed by atoms with Gasteiger partial charge in [0, 0.05) is 49.0 Å². The Labute approximate surface area is 168 Å². The van der Waals surface area contributed by atoms with Gasteiger partial charge in [-0.2, -0.15) is 0 Å². The molecule has 0 spiro atoms. The minimum atomic E-state index is -0.423. The largest absolute Gasteiger partial charge is 0.368 e. The second kappa shape index (κ2) is 9.19. The molecule has 0 bridgehead atoms. The van der Waals surface area contributed by atoms with Crippen LogP contribution in [0.15, 0.2) is 66.8 Å². The van der Waals surface area contributed by atoms with Crippen LogP contribution in [-0.4, -0.2) is 41.9 Å². The van der Waals surface area contributed by atoms with Crippen LogP contribution in [0.3, 0.4) is 0 Å². The number of hydrogen-bond acceptors (Lipinski definition) is 4. The summed E-state index contributed by atoms with van der Waals surface area (Å²) in [6.07, 6.45) is 6.37. The van der Waals surface area contributed by atoms with E-state index >= 15 is 0 Å². The third-order valence-corrected chi connectivity index (χ3v) is 4.76. The molecule has 7 heteroatoms. The van der Waals surface area contributed by atoms with E-state index in [2.05, 4.69) is 4.90 Å². The van der Waals surface area contributed by atoms with Crippen LogP contribution in [0.4, 0.5) is 11.4 Å². The fraction of sp³-hybridized carbons (Fsp3) is 0.190. The number of carbonyl (C=O) groups excluding carboxylic acids is 1. The van der Waals surface area contributed by atoms with Crippen molar-refractivity contribution in [3.05, 3.63) is 87.5 Å². The van der Waals surface area contributed by atoms with Gasteiger partial charge in [-0.1, -0.05) is 42.0 Å². The molecule has 0 radical (unpaired) electrons. The molecule has 6 nitrogen and oxygen atoms in total. The lowest BCUT2D eigenvalue weighted by Crippen LogP contribution is -2.48. The standard InChI is InChI=1S/C21H20ClN3O3/c22-18-8-5-9-19(16-18)23-12-14-24(15-13-23)21(26)11-4-2-7-17-6-1-3-10-20(17)25(27)28/h1-11,16H,12-15H2/b7-2+,11-4+. The van der Waals surface area contributed by atoms with Crippen molar-refractivity contribution in [2.75, 3.05) is 31.1 Å². The number of para-hydroxylation sites is 1. The first-order chi connectivity index (χ1) is 13.5. The van der Waals surface area contributed by atoms with Crippen molar-refractivity contribution in [1.29, 1.82) is 0 Å². The SMILES string of the molecule is O=C(/C=C/C=C/c1ccccc1[N+](=O)[O-])N1CCN(c2cccc(Cl)c2)CC1. The lowest BCUT2D eigenvalue weighted by molar-refractivity contribution is -0.385. The number of nitro groups is 1. The van der Waals surface area contributed by atoms with Gasteiger partial charge >= 0.3 is 0 Å². The summed E-state index contributed by atoms with van der Waals surface area (Å²) in [5.74, 6) is -0.0713. The number of hydrogen-bond donors (Lipinski definition) is 0. The molecular weight excluding hydrogens is 378 g/mol. The number of piperazine rings is 1. The van der Waals surface area contributed by atoms with E-state index in [9.17, 15) is 14.9 Å².